The quantitative estimate of drug-likeness (QED) is 0.846. The lowest BCUT2D eigenvalue weighted by atomic mass is 9.87. The van der Waals surface area contributed by atoms with Crippen LogP contribution in [0.4, 0.5) is 13.2 Å². The summed E-state index contributed by atoms with van der Waals surface area (Å²) in [7, 11) is 0. The van der Waals surface area contributed by atoms with Crippen LogP contribution in [-0.2, 0) is 18.1 Å². The van der Waals surface area contributed by atoms with E-state index in [2.05, 4.69) is 26.1 Å². The van der Waals surface area contributed by atoms with Gasteiger partial charge in [-0.2, -0.15) is 13.2 Å². The summed E-state index contributed by atoms with van der Waals surface area (Å²) in [6.07, 6.45) is -4.43. The first-order valence-corrected chi connectivity index (χ1v) is 7.63. The summed E-state index contributed by atoms with van der Waals surface area (Å²) in [6.45, 7) is 6.03. The minimum absolute atomic E-state index is 0.0271. The first kappa shape index (κ1) is 18.0. The van der Waals surface area contributed by atoms with Gasteiger partial charge in [-0.25, -0.2) is 0 Å². The van der Waals surface area contributed by atoms with Crippen molar-refractivity contribution in [3.63, 3.8) is 0 Å². The number of hydrogen-bond acceptors (Lipinski definition) is 1. The highest BCUT2D eigenvalue weighted by Gasteiger charge is 2.32. The molecule has 0 radical (unpaired) electrons. The molecule has 0 unspecified atom stereocenters. The SMILES string of the molecule is CC(C)(C)c1ccc(C(=O)NCc2ccccc2C(F)(F)F)cc1. The zero-order valence-corrected chi connectivity index (χ0v) is 13.9. The summed E-state index contributed by atoms with van der Waals surface area (Å²) in [5.41, 5.74) is 0.799. The lowest BCUT2D eigenvalue weighted by Gasteiger charge is -2.19. The number of rotatable bonds is 3. The molecule has 0 atom stereocenters. The second-order valence-electron chi connectivity index (χ2n) is 6.66. The Labute approximate surface area is 139 Å². The van der Waals surface area contributed by atoms with E-state index in [1.807, 2.05) is 12.1 Å². The number of benzene rings is 2. The second-order valence-corrected chi connectivity index (χ2v) is 6.66. The van der Waals surface area contributed by atoms with Crippen molar-refractivity contribution in [1.82, 2.24) is 5.32 Å². The molecule has 2 aromatic carbocycles. The summed E-state index contributed by atoms with van der Waals surface area (Å²) in [4.78, 5) is 12.1. The van der Waals surface area contributed by atoms with E-state index in [1.54, 1.807) is 12.1 Å². The Morgan fingerprint density at radius 1 is 0.958 bits per heavy atom. The maximum atomic E-state index is 12.9. The number of amides is 1. The van der Waals surface area contributed by atoms with Gasteiger partial charge in [0, 0.05) is 12.1 Å². The number of carbonyl (C=O) groups is 1. The van der Waals surface area contributed by atoms with Gasteiger partial charge in [0.1, 0.15) is 0 Å². The van der Waals surface area contributed by atoms with Gasteiger partial charge < -0.3 is 5.32 Å². The molecule has 0 bridgehead atoms. The van der Waals surface area contributed by atoms with Crippen LogP contribution in [0.5, 0.6) is 0 Å². The normalized spacial score (nSPS) is 12.1. The molecule has 0 saturated heterocycles. The smallest absolute Gasteiger partial charge is 0.348 e. The first-order chi connectivity index (χ1) is 11.1. The summed E-state index contributed by atoms with van der Waals surface area (Å²) >= 11 is 0. The molecule has 0 saturated carbocycles. The van der Waals surface area contributed by atoms with E-state index in [4.69, 9.17) is 0 Å². The van der Waals surface area contributed by atoms with Crippen molar-refractivity contribution in [3.05, 3.63) is 70.8 Å². The molecule has 24 heavy (non-hydrogen) atoms. The Balaban J connectivity index is 2.09. The Morgan fingerprint density at radius 3 is 2.08 bits per heavy atom. The minimum atomic E-state index is -4.43. The highest BCUT2D eigenvalue weighted by molar-refractivity contribution is 5.94. The van der Waals surface area contributed by atoms with Gasteiger partial charge >= 0.3 is 6.18 Å². The van der Waals surface area contributed by atoms with Gasteiger partial charge in [0.2, 0.25) is 0 Å². The van der Waals surface area contributed by atoms with E-state index in [0.29, 0.717) is 5.56 Å². The van der Waals surface area contributed by atoms with Crippen molar-refractivity contribution in [2.24, 2.45) is 0 Å². The monoisotopic (exact) mass is 335 g/mol. The molecule has 0 aliphatic carbocycles. The van der Waals surface area contributed by atoms with Crippen molar-refractivity contribution < 1.29 is 18.0 Å². The average Bonchev–Trinajstić information content (AvgIpc) is 2.51. The predicted octanol–water partition coefficient (Wildman–Crippen LogP) is 4.93. The molecule has 2 aromatic rings. The van der Waals surface area contributed by atoms with Crippen molar-refractivity contribution in [3.8, 4) is 0 Å². The molecule has 2 rings (SSSR count). The van der Waals surface area contributed by atoms with E-state index in [-0.39, 0.29) is 17.5 Å². The standard InChI is InChI=1S/C19H20F3NO/c1-18(2,3)15-10-8-13(9-11-15)17(24)23-12-14-6-4-5-7-16(14)19(20,21)22/h4-11H,12H2,1-3H3,(H,23,24). The van der Waals surface area contributed by atoms with Crippen LogP contribution in [0.3, 0.4) is 0 Å². The molecular weight excluding hydrogens is 315 g/mol. The predicted molar refractivity (Wildman–Crippen MR) is 87.8 cm³/mol. The topological polar surface area (TPSA) is 29.1 Å². The van der Waals surface area contributed by atoms with Crippen molar-refractivity contribution in [1.29, 1.82) is 0 Å². The molecule has 0 aliphatic heterocycles. The van der Waals surface area contributed by atoms with Gasteiger partial charge in [0.15, 0.2) is 0 Å². The molecule has 128 valence electrons. The van der Waals surface area contributed by atoms with Gasteiger partial charge in [0.25, 0.3) is 5.91 Å². The molecule has 0 aromatic heterocycles. The highest BCUT2D eigenvalue weighted by Crippen LogP contribution is 2.31. The van der Waals surface area contributed by atoms with Gasteiger partial charge in [-0.05, 0) is 34.7 Å². The number of alkyl halides is 3. The number of nitrogens with one attached hydrogen (secondary N) is 1. The van der Waals surface area contributed by atoms with Crippen LogP contribution in [0.25, 0.3) is 0 Å². The zero-order valence-electron chi connectivity index (χ0n) is 13.9. The van der Waals surface area contributed by atoms with Gasteiger partial charge in [-0.1, -0.05) is 51.1 Å². The van der Waals surface area contributed by atoms with Crippen LogP contribution in [0.15, 0.2) is 48.5 Å². The number of halogens is 3. The third-order valence-corrected chi connectivity index (χ3v) is 3.78. The fourth-order valence-corrected chi connectivity index (χ4v) is 2.35. The molecule has 0 heterocycles. The van der Waals surface area contributed by atoms with Gasteiger partial charge in [-0.15, -0.1) is 0 Å². The van der Waals surface area contributed by atoms with E-state index in [0.717, 1.165) is 11.6 Å². The highest BCUT2D eigenvalue weighted by atomic mass is 19.4. The third kappa shape index (κ3) is 4.37. The fourth-order valence-electron chi connectivity index (χ4n) is 2.35. The Morgan fingerprint density at radius 2 is 1.54 bits per heavy atom. The maximum absolute atomic E-state index is 12.9. The average molecular weight is 335 g/mol. The van der Waals surface area contributed by atoms with Gasteiger partial charge in [-0.3, -0.25) is 4.79 Å². The van der Waals surface area contributed by atoms with Crippen molar-refractivity contribution in [2.75, 3.05) is 0 Å². The van der Waals surface area contributed by atoms with Crippen LogP contribution >= 0.6 is 0 Å². The van der Waals surface area contributed by atoms with Crippen LogP contribution in [-0.4, -0.2) is 5.91 Å². The molecule has 2 nitrogen and oxygen atoms in total. The van der Waals surface area contributed by atoms with Crippen LogP contribution in [0.2, 0.25) is 0 Å². The Bertz CT molecular complexity index is 713. The van der Waals surface area contributed by atoms with E-state index >= 15 is 0 Å². The largest absolute Gasteiger partial charge is 0.416 e. The minimum Gasteiger partial charge on any atom is -0.348 e. The van der Waals surface area contributed by atoms with Crippen molar-refractivity contribution in [2.45, 2.75) is 38.9 Å². The Hall–Kier alpha value is -2.30. The molecule has 0 fully saturated rings. The molecular formula is C19H20F3NO. The molecule has 0 spiro atoms. The van der Waals surface area contributed by atoms with Crippen LogP contribution in [0, 0.1) is 0 Å². The van der Waals surface area contributed by atoms with Gasteiger partial charge in [0.05, 0.1) is 5.56 Å². The molecule has 1 N–H and O–H groups in total. The van der Waals surface area contributed by atoms with E-state index in [1.165, 1.54) is 18.2 Å². The molecule has 1 amide bonds. The van der Waals surface area contributed by atoms with E-state index in [9.17, 15) is 18.0 Å². The van der Waals surface area contributed by atoms with Crippen molar-refractivity contribution >= 4 is 5.91 Å². The lowest BCUT2D eigenvalue weighted by Crippen LogP contribution is -2.24. The zero-order chi connectivity index (χ0) is 18.0. The molecule has 0 aliphatic rings. The summed E-state index contributed by atoms with van der Waals surface area (Å²) in [5.74, 6) is -0.396. The third-order valence-electron chi connectivity index (χ3n) is 3.78. The van der Waals surface area contributed by atoms with E-state index < -0.39 is 17.6 Å². The van der Waals surface area contributed by atoms with Crippen LogP contribution in [0.1, 0.15) is 47.8 Å². The maximum Gasteiger partial charge on any atom is 0.416 e. The molecule has 5 heteroatoms. The van der Waals surface area contributed by atoms with Crippen LogP contribution < -0.4 is 5.32 Å². The Kier molecular flexibility index (Phi) is 5.02. The number of hydrogen-bond donors (Lipinski definition) is 1. The lowest BCUT2D eigenvalue weighted by molar-refractivity contribution is -0.138. The summed E-state index contributed by atoms with van der Waals surface area (Å²) in [6, 6.07) is 12.3. The second kappa shape index (κ2) is 6.67. The first-order valence-electron chi connectivity index (χ1n) is 7.63. The summed E-state index contributed by atoms with van der Waals surface area (Å²) in [5, 5.41) is 2.55. The summed E-state index contributed by atoms with van der Waals surface area (Å²) < 4.78 is 38.8. The fraction of sp³-hybridized carbons (Fsp3) is 0.316. The number of carbonyl (C=O) groups excluding carboxylic acids is 1.